The molecule has 0 amide bonds. The van der Waals surface area contributed by atoms with Crippen LogP contribution in [0.4, 0.5) is 0 Å². The van der Waals surface area contributed by atoms with E-state index in [2.05, 4.69) is 5.32 Å². The van der Waals surface area contributed by atoms with Crippen LogP contribution in [-0.2, 0) is 0 Å². The van der Waals surface area contributed by atoms with Gasteiger partial charge in [0.15, 0.2) is 11.5 Å². The Kier molecular flexibility index (Phi) is 6.17. The summed E-state index contributed by atoms with van der Waals surface area (Å²) < 4.78 is 11.9. The Balaban J connectivity index is 1.45. The predicted molar refractivity (Wildman–Crippen MR) is 91.1 cm³/mol. The Morgan fingerprint density at radius 3 is 2.39 bits per heavy atom. The van der Waals surface area contributed by atoms with E-state index in [9.17, 15) is 5.11 Å². The smallest absolute Gasteiger partial charge is 0.161 e. The molecule has 1 aromatic rings. The van der Waals surface area contributed by atoms with E-state index in [0.29, 0.717) is 25.3 Å². The van der Waals surface area contributed by atoms with Crippen molar-refractivity contribution in [2.24, 2.45) is 0 Å². The lowest BCUT2D eigenvalue weighted by Gasteiger charge is -2.19. The first-order valence-electron chi connectivity index (χ1n) is 9.11. The molecule has 4 heteroatoms. The van der Waals surface area contributed by atoms with Crippen molar-refractivity contribution in [2.75, 3.05) is 13.2 Å². The van der Waals surface area contributed by atoms with Gasteiger partial charge in [-0.3, -0.25) is 0 Å². The van der Waals surface area contributed by atoms with Gasteiger partial charge in [0.1, 0.15) is 12.7 Å². The highest BCUT2D eigenvalue weighted by Crippen LogP contribution is 2.31. The lowest BCUT2D eigenvalue weighted by atomic mass is 10.2. The first-order chi connectivity index (χ1) is 11.3. The number of rotatable bonds is 8. The molecule has 1 unspecified atom stereocenters. The largest absolute Gasteiger partial charge is 0.487 e. The zero-order valence-electron chi connectivity index (χ0n) is 13.9. The minimum Gasteiger partial charge on any atom is -0.487 e. The van der Waals surface area contributed by atoms with Crippen molar-refractivity contribution in [2.45, 2.75) is 69.6 Å². The van der Waals surface area contributed by atoms with Crippen LogP contribution >= 0.6 is 0 Å². The van der Waals surface area contributed by atoms with E-state index in [0.717, 1.165) is 24.3 Å². The van der Waals surface area contributed by atoms with Gasteiger partial charge in [-0.25, -0.2) is 0 Å². The van der Waals surface area contributed by atoms with Crippen LogP contribution in [0, 0.1) is 0 Å². The molecule has 1 atom stereocenters. The Hall–Kier alpha value is -1.26. The zero-order chi connectivity index (χ0) is 15.9. The molecule has 0 heterocycles. The van der Waals surface area contributed by atoms with E-state index in [1.807, 2.05) is 24.3 Å². The van der Waals surface area contributed by atoms with Crippen LogP contribution < -0.4 is 14.8 Å². The molecule has 1 aromatic carbocycles. The number of aliphatic hydroxyl groups is 1. The fraction of sp³-hybridized carbons (Fsp3) is 0.684. The first-order valence-corrected chi connectivity index (χ1v) is 9.11. The normalized spacial score (nSPS) is 20.7. The number of hydrogen-bond donors (Lipinski definition) is 2. The highest BCUT2D eigenvalue weighted by Gasteiger charge is 2.19. The van der Waals surface area contributed by atoms with Crippen LogP contribution in [0.15, 0.2) is 24.3 Å². The maximum absolute atomic E-state index is 10.1. The second kappa shape index (κ2) is 8.55. The Bertz CT molecular complexity index is 467. The summed E-state index contributed by atoms with van der Waals surface area (Å²) in [4.78, 5) is 0. The minimum absolute atomic E-state index is 0.296. The Morgan fingerprint density at radius 2 is 1.65 bits per heavy atom. The maximum Gasteiger partial charge on any atom is 0.161 e. The average molecular weight is 319 g/mol. The predicted octanol–water partition coefficient (Wildman–Crippen LogP) is 3.28. The van der Waals surface area contributed by atoms with Gasteiger partial charge in [-0.05, 0) is 50.7 Å². The molecule has 0 bridgehead atoms. The molecule has 2 aliphatic rings. The fourth-order valence-electron chi connectivity index (χ4n) is 3.53. The summed E-state index contributed by atoms with van der Waals surface area (Å²) in [6.45, 7) is 0.890. The molecule has 2 fully saturated rings. The molecule has 23 heavy (non-hydrogen) atoms. The molecule has 4 nitrogen and oxygen atoms in total. The van der Waals surface area contributed by atoms with E-state index < -0.39 is 6.10 Å². The molecule has 2 saturated carbocycles. The van der Waals surface area contributed by atoms with Crippen LogP contribution in [0.3, 0.4) is 0 Å². The van der Waals surface area contributed by atoms with Crippen molar-refractivity contribution in [3.63, 3.8) is 0 Å². The SMILES string of the molecule is OC(CNC1CCCC1)COc1ccccc1OC1CCCC1. The first kappa shape index (κ1) is 16.6. The lowest BCUT2D eigenvalue weighted by molar-refractivity contribution is 0.0994. The molecule has 0 spiro atoms. The number of hydrogen-bond acceptors (Lipinski definition) is 4. The van der Waals surface area contributed by atoms with E-state index >= 15 is 0 Å². The highest BCUT2D eigenvalue weighted by molar-refractivity contribution is 5.39. The van der Waals surface area contributed by atoms with Crippen molar-refractivity contribution >= 4 is 0 Å². The third-order valence-electron chi connectivity index (χ3n) is 4.87. The minimum atomic E-state index is -0.491. The van der Waals surface area contributed by atoms with Gasteiger partial charge in [0.05, 0.1) is 6.10 Å². The van der Waals surface area contributed by atoms with Crippen LogP contribution in [0.25, 0.3) is 0 Å². The molecule has 2 aliphatic carbocycles. The zero-order valence-corrected chi connectivity index (χ0v) is 13.9. The summed E-state index contributed by atoms with van der Waals surface area (Å²) in [6, 6.07) is 8.36. The summed E-state index contributed by atoms with van der Waals surface area (Å²) >= 11 is 0. The summed E-state index contributed by atoms with van der Waals surface area (Å²) in [7, 11) is 0. The van der Waals surface area contributed by atoms with E-state index in [4.69, 9.17) is 9.47 Å². The van der Waals surface area contributed by atoms with Crippen LogP contribution in [0.2, 0.25) is 0 Å². The summed E-state index contributed by atoms with van der Waals surface area (Å²) in [5.74, 6) is 1.54. The standard InChI is InChI=1S/C19H29NO3/c21-16(13-20-15-7-1-2-8-15)14-22-18-11-5-6-12-19(18)23-17-9-3-4-10-17/h5-6,11-12,15-17,20-21H,1-4,7-10,13-14H2. The van der Waals surface area contributed by atoms with Crippen LogP contribution in [-0.4, -0.2) is 36.5 Å². The van der Waals surface area contributed by atoms with E-state index in [1.165, 1.54) is 38.5 Å². The van der Waals surface area contributed by atoms with Gasteiger partial charge in [-0.1, -0.05) is 25.0 Å². The second-order valence-electron chi connectivity index (χ2n) is 6.83. The monoisotopic (exact) mass is 319 g/mol. The van der Waals surface area contributed by atoms with Crippen molar-refractivity contribution in [3.8, 4) is 11.5 Å². The number of aliphatic hydroxyl groups excluding tert-OH is 1. The molecule has 0 radical (unpaired) electrons. The Labute approximate surface area is 139 Å². The van der Waals surface area contributed by atoms with Gasteiger partial charge in [-0.15, -0.1) is 0 Å². The van der Waals surface area contributed by atoms with Gasteiger partial charge in [0.2, 0.25) is 0 Å². The summed E-state index contributed by atoms with van der Waals surface area (Å²) in [5, 5.41) is 13.5. The van der Waals surface area contributed by atoms with E-state index in [1.54, 1.807) is 0 Å². The maximum atomic E-state index is 10.1. The fourth-order valence-corrected chi connectivity index (χ4v) is 3.53. The molecular formula is C19H29NO3. The van der Waals surface area contributed by atoms with Crippen LogP contribution in [0.1, 0.15) is 51.4 Å². The van der Waals surface area contributed by atoms with Crippen molar-refractivity contribution in [3.05, 3.63) is 24.3 Å². The molecule has 128 valence electrons. The highest BCUT2D eigenvalue weighted by atomic mass is 16.5. The third-order valence-corrected chi connectivity index (χ3v) is 4.87. The summed E-state index contributed by atoms with van der Waals surface area (Å²) in [5.41, 5.74) is 0. The number of nitrogens with one attached hydrogen (secondary N) is 1. The van der Waals surface area contributed by atoms with Crippen molar-refractivity contribution in [1.29, 1.82) is 0 Å². The molecule has 3 rings (SSSR count). The van der Waals surface area contributed by atoms with Crippen molar-refractivity contribution < 1.29 is 14.6 Å². The van der Waals surface area contributed by atoms with Gasteiger partial charge in [0, 0.05) is 12.6 Å². The van der Waals surface area contributed by atoms with Crippen molar-refractivity contribution in [1.82, 2.24) is 5.32 Å². The molecular weight excluding hydrogens is 290 g/mol. The van der Waals surface area contributed by atoms with Gasteiger partial charge >= 0.3 is 0 Å². The van der Waals surface area contributed by atoms with E-state index in [-0.39, 0.29) is 0 Å². The second-order valence-corrected chi connectivity index (χ2v) is 6.83. The quantitative estimate of drug-likeness (QED) is 0.772. The molecule has 0 aliphatic heterocycles. The topological polar surface area (TPSA) is 50.7 Å². The number of ether oxygens (including phenoxy) is 2. The number of benzene rings is 1. The Morgan fingerprint density at radius 1 is 1.00 bits per heavy atom. The molecule has 0 saturated heterocycles. The van der Waals surface area contributed by atoms with Gasteiger partial charge < -0.3 is 19.9 Å². The third kappa shape index (κ3) is 5.11. The number of para-hydroxylation sites is 2. The average Bonchev–Trinajstić information content (AvgIpc) is 3.25. The molecule has 0 aromatic heterocycles. The summed E-state index contributed by atoms with van der Waals surface area (Å²) in [6.07, 6.45) is 9.64. The van der Waals surface area contributed by atoms with Gasteiger partial charge in [-0.2, -0.15) is 0 Å². The van der Waals surface area contributed by atoms with Crippen LogP contribution in [0.5, 0.6) is 11.5 Å². The lowest BCUT2D eigenvalue weighted by Crippen LogP contribution is -2.36. The molecule has 2 N–H and O–H groups in total. The van der Waals surface area contributed by atoms with Gasteiger partial charge in [0.25, 0.3) is 0 Å².